The van der Waals surface area contributed by atoms with Crippen LogP contribution in [0.3, 0.4) is 0 Å². The smallest absolute Gasteiger partial charge is 0.326 e. The highest BCUT2D eigenvalue weighted by molar-refractivity contribution is 5.86. The van der Waals surface area contributed by atoms with Crippen molar-refractivity contribution in [1.82, 2.24) is 9.97 Å². The second-order valence-electron chi connectivity index (χ2n) is 7.75. The first-order valence-electron chi connectivity index (χ1n) is 11.0. The van der Waals surface area contributed by atoms with Crippen molar-refractivity contribution in [2.24, 2.45) is 0 Å². The maximum atomic E-state index is 12.1. The third kappa shape index (κ3) is 4.45. The quantitative estimate of drug-likeness (QED) is 0.344. The Morgan fingerprint density at radius 3 is 2.44 bits per heavy atom. The molecule has 0 amide bonds. The maximum Gasteiger partial charge on any atom is 0.326 e. The summed E-state index contributed by atoms with van der Waals surface area (Å²) in [6.45, 7) is 4.81. The van der Waals surface area contributed by atoms with Crippen molar-refractivity contribution in [1.29, 1.82) is 0 Å². The van der Waals surface area contributed by atoms with Crippen molar-refractivity contribution in [3.63, 3.8) is 0 Å². The average Bonchev–Trinajstić information content (AvgIpc) is 2.86. The van der Waals surface area contributed by atoms with Gasteiger partial charge < -0.3 is 20.1 Å². The van der Waals surface area contributed by atoms with Crippen LogP contribution in [0.4, 0.5) is 11.4 Å². The van der Waals surface area contributed by atoms with Gasteiger partial charge in [-0.3, -0.25) is 14.6 Å². The Morgan fingerprint density at radius 2 is 1.76 bits per heavy atom. The molecule has 174 valence electrons. The fraction of sp³-hybridized carbons (Fsp3) is 0.240. The zero-order chi connectivity index (χ0) is 24.2. The molecule has 2 heterocycles. The largest absolute Gasteiger partial charge is 0.480 e. The molecule has 2 aromatic heterocycles. The molecule has 2 aromatic carbocycles. The van der Waals surface area contributed by atoms with Gasteiger partial charge in [-0.1, -0.05) is 12.1 Å². The minimum atomic E-state index is -1.12. The van der Waals surface area contributed by atoms with Crippen LogP contribution >= 0.6 is 0 Å². The van der Waals surface area contributed by atoms with Crippen LogP contribution in [0.15, 0.2) is 64.6 Å². The summed E-state index contributed by atoms with van der Waals surface area (Å²) < 4.78 is 5.90. The van der Waals surface area contributed by atoms with Crippen molar-refractivity contribution in [2.45, 2.75) is 26.3 Å². The third-order valence-electron chi connectivity index (χ3n) is 5.69. The normalized spacial score (nSPS) is 11.9. The second-order valence-corrected chi connectivity index (χ2v) is 7.75. The van der Waals surface area contributed by atoms with Crippen molar-refractivity contribution in [3.8, 4) is 11.6 Å². The topological polar surface area (TPSA) is 122 Å². The van der Waals surface area contributed by atoms with Gasteiger partial charge in [-0.05, 0) is 49.1 Å². The molecule has 34 heavy (non-hydrogen) atoms. The molecule has 0 spiro atoms. The van der Waals surface area contributed by atoms with Crippen molar-refractivity contribution < 1.29 is 14.6 Å². The van der Waals surface area contributed by atoms with Gasteiger partial charge in [-0.2, -0.15) is 0 Å². The van der Waals surface area contributed by atoms with Crippen LogP contribution in [0.1, 0.15) is 19.4 Å². The van der Waals surface area contributed by atoms with E-state index in [2.05, 4.69) is 15.3 Å². The molecule has 4 rings (SSSR count). The molecule has 0 aliphatic carbocycles. The zero-order valence-electron chi connectivity index (χ0n) is 18.8. The first-order valence-corrected chi connectivity index (χ1v) is 11.0. The van der Waals surface area contributed by atoms with Gasteiger partial charge in [0.25, 0.3) is 10.9 Å². The van der Waals surface area contributed by atoms with E-state index in [-0.39, 0.29) is 17.8 Å². The van der Waals surface area contributed by atoms with Crippen LogP contribution in [0.2, 0.25) is 0 Å². The number of rotatable bonds is 10. The first-order chi connectivity index (χ1) is 16.4. The summed E-state index contributed by atoms with van der Waals surface area (Å²) >= 11 is 0. The number of pyridine rings is 2. The Bertz CT molecular complexity index is 1380. The lowest BCUT2D eigenvalue weighted by Gasteiger charge is -2.26. The van der Waals surface area contributed by atoms with Crippen molar-refractivity contribution in [2.75, 3.05) is 23.3 Å². The molecule has 0 radical (unpaired) electrons. The number of nitrogens with one attached hydrogen (secondary N) is 1. The summed E-state index contributed by atoms with van der Waals surface area (Å²) in [6.07, 6.45) is 5.15. The average molecular weight is 460 g/mol. The van der Waals surface area contributed by atoms with E-state index in [0.29, 0.717) is 24.7 Å². The van der Waals surface area contributed by atoms with Crippen molar-refractivity contribution >= 4 is 28.1 Å². The molecule has 9 heteroatoms. The van der Waals surface area contributed by atoms with E-state index in [1.165, 1.54) is 0 Å². The molecule has 0 saturated heterocycles. The van der Waals surface area contributed by atoms with E-state index in [0.717, 1.165) is 16.3 Å². The summed E-state index contributed by atoms with van der Waals surface area (Å²) in [5.74, 6) is -0.155. The number of hydrogen-bond donors (Lipinski definition) is 2. The molecular weight excluding hydrogens is 436 g/mol. The van der Waals surface area contributed by atoms with Gasteiger partial charge in [0.15, 0.2) is 0 Å². The van der Waals surface area contributed by atoms with E-state index in [1.54, 1.807) is 47.8 Å². The fourth-order valence-corrected chi connectivity index (χ4v) is 3.84. The van der Waals surface area contributed by atoms with Crippen LogP contribution in [-0.2, 0) is 11.2 Å². The number of anilines is 2. The second kappa shape index (κ2) is 9.70. The van der Waals surface area contributed by atoms with Crippen LogP contribution < -0.4 is 25.8 Å². The van der Waals surface area contributed by atoms with Crippen LogP contribution in [0, 0.1) is 0 Å². The monoisotopic (exact) mass is 460 g/mol. The van der Waals surface area contributed by atoms with E-state index >= 15 is 0 Å². The Hall–Kier alpha value is -4.27. The molecule has 4 aromatic rings. The van der Waals surface area contributed by atoms with E-state index in [9.17, 15) is 19.5 Å². The van der Waals surface area contributed by atoms with Gasteiger partial charge in [-0.15, -0.1) is 0 Å². The first kappa shape index (κ1) is 22.9. The maximum absolute atomic E-state index is 12.1. The number of fused-ring (bicyclic) bond motifs is 1. The molecule has 0 bridgehead atoms. The lowest BCUT2D eigenvalue weighted by molar-refractivity contribution is -0.137. The number of carboxylic acid groups (broad SMARTS) is 1. The molecule has 0 saturated carbocycles. The summed E-state index contributed by atoms with van der Waals surface area (Å²) in [7, 11) is 0. The third-order valence-corrected chi connectivity index (χ3v) is 5.69. The molecule has 2 N–H and O–H groups in total. The van der Waals surface area contributed by atoms with Crippen LogP contribution in [0.5, 0.6) is 11.6 Å². The van der Waals surface area contributed by atoms with E-state index in [4.69, 9.17) is 4.74 Å². The highest BCUT2D eigenvalue weighted by atomic mass is 16.5. The molecule has 9 nitrogen and oxygen atoms in total. The number of aromatic nitrogens is 2. The summed E-state index contributed by atoms with van der Waals surface area (Å²) in [6, 6.07) is 9.62. The summed E-state index contributed by atoms with van der Waals surface area (Å²) in [4.78, 5) is 46.2. The standard InChI is InChI=1S/C25H24N4O5/c1-3-29(4-2)21-20(22(30)23(21)31)28-19(25(32)33)13-15-5-7-17(8-6-15)34-24-18-14-26-11-9-16(18)10-12-27-24/h5-12,14,19,28H,3-4,13H2,1-2H3,(H,32,33)/t19-/m0/s1. The predicted molar refractivity (Wildman–Crippen MR) is 130 cm³/mol. The number of nitrogens with zero attached hydrogens (tertiary/aromatic N) is 3. The summed E-state index contributed by atoms with van der Waals surface area (Å²) in [5.41, 5.74) is -0.232. The molecule has 1 atom stereocenters. The zero-order valence-corrected chi connectivity index (χ0v) is 18.8. The highest BCUT2D eigenvalue weighted by Crippen LogP contribution is 2.27. The number of aliphatic carboxylic acids is 1. The Morgan fingerprint density at radius 1 is 1.06 bits per heavy atom. The number of carboxylic acids is 1. The lowest BCUT2D eigenvalue weighted by atomic mass is 10.0. The Kier molecular flexibility index (Phi) is 6.53. The number of carbonyl (C=O) groups is 1. The molecule has 0 unspecified atom stereocenters. The van der Waals surface area contributed by atoms with Crippen molar-refractivity contribution in [3.05, 3.63) is 81.0 Å². The minimum Gasteiger partial charge on any atom is -0.480 e. The highest BCUT2D eigenvalue weighted by Gasteiger charge is 2.29. The van der Waals surface area contributed by atoms with Gasteiger partial charge in [0, 0.05) is 38.1 Å². The number of ether oxygens (including phenoxy) is 1. The molecule has 0 aliphatic rings. The Balaban J connectivity index is 1.50. The fourth-order valence-electron chi connectivity index (χ4n) is 3.84. The van der Waals surface area contributed by atoms with E-state index < -0.39 is 22.9 Å². The minimum absolute atomic E-state index is 0.0664. The molecule has 0 fully saturated rings. The van der Waals surface area contributed by atoms with Gasteiger partial charge in [0.05, 0.1) is 5.39 Å². The summed E-state index contributed by atoms with van der Waals surface area (Å²) in [5, 5.41) is 14.2. The number of hydrogen-bond acceptors (Lipinski definition) is 8. The lowest BCUT2D eigenvalue weighted by Crippen LogP contribution is -2.45. The van der Waals surface area contributed by atoms with Crippen LogP contribution in [0.25, 0.3) is 10.8 Å². The predicted octanol–water partition coefficient (Wildman–Crippen LogP) is 2.97. The SMILES string of the molecule is CCN(CC)c1c(N[C@@H](Cc2ccc(Oc3nccc4ccncc34)cc2)C(=O)O)c(=O)c1=O. The molecular formula is C25H24N4O5. The van der Waals surface area contributed by atoms with Gasteiger partial charge in [0.1, 0.15) is 23.2 Å². The van der Waals surface area contributed by atoms with E-state index in [1.807, 2.05) is 26.0 Å². The van der Waals surface area contributed by atoms with Gasteiger partial charge in [-0.25, -0.2) is 9.78 Å². The Labute approximate surface area is 195 Å². The number of benzene rings is 1. The molecule has 0 aliphatic heterocycles. The van der Waals surface area contributed by atoms with Gasteiger partial charge in [0.2, 0.25) is 5.88 Å². The van der Waals surface area contributed by atoms with Crippen LogP contribution in [-0.4, -0.2) is 40.2 Å². The van der Waals surface area contributed by atoms with Gasteiger partial charge >= 0.3 is 5.97 Å².